The van der Waals surface area contributed by atoms with E-state index in [4.69, 9.17) is 10.5 Å². The quantitative estimate of drug-likeness (QED) is 0.905. The molecule has 2 rings (SSSR count). The number of alkyl halides is 3. The third kappa shape index (κ3) is 2.72. The summed E-state index contributed by atoms with van der Waals surface area (Å²) in [5.41, 5.74) is 5.49. The predicted molar refractivity (Wildman–Crippen MR) is 61.2 cm³/mol. The van der Waals surface area contributed by atoms with E-state index in [1.807, 2.05) is 0 Å². The molecule has 0 atom stereocenters. The molecule has 0 saturated heterocycles. The molecule has 0 radical (unpaired) electrons. The van der Waals surface area contributed by atoms with E-state index in [1.54, 1.807) is 12.1 Å². The van der Waals surface area contributed by atoms with Gasteiger partial charge in [0, 0.05) is 12.3 Å². The Balaban J connectivity index is 2.60. The second-order valence-corrected chi connectivity index (χ2v) is 3.55. The average Bonchev–Trinajstić information content (AvgIpc) is 2.37. The fraction of sp³-hybridized carbons (Fsp3) is 0.182. The molecule has 8 heteroatoms. The van der Waals surface area contributed by atoms with Crippen molar-refractivity contribution in [2.75, 3.05) is 12.8 Å². The van der Waals surface area contributed by atoms with Crippen LogP contribution in [0.3, 0.4) is 0 Å². The second kappa shape index (κ2) is 4.71. The second-order valence-electron chi connectivity index (χ2n) is 3.55. The van der Waals surface area contributed by atoms with Gasteiger partial charge in [0.25, 0.3) is 0 Å². The van der Waals surface area contributed by atoms with Crippen molar-refractivity contribution in [1.29, 1.82) is 0 Å². The van der Waals surface area contributed by atoms with Gasteiger partial charge in [-0.15, -0.1) is 0 Å². The predicted octanol–water partition coefficient (Wildman–Crippen LogP) is 2.15. The van der Waals surface area contributed by atoms with Gasteiger partial charge in [0.15, 0.2) is 0 Å². The van der Waals surface area contributed by atoms with Gasteiger partial charge in [-0.3, -0.25) is 4.98 Å². The lowest BCUT2D eigenvalue weighted by Gasteiger charge is -2.10. The maximum absolute atomic E-state index is 12.6. The van der Waals surface area contributed by atoms with Gasteiger partial charge in [-0.2, -0.15) is 13.2 Å². The summed E-state index contributed by atoms with van der Waals surface area (Å²) < 4.78 is 42.9. The topological polar surface area (TPSA) is 73.9 Å². The molecule has 0 spiro atoms. The highest BCUT2D eigenvalue weighted by Crippen LogP contribution is 2.31. The van der Waals surface area contributed by atoms with Crippen LogP contribution in [-0.4, -0.2) is 22.1 Å². The third-order valence-corrected chi connectivity index (χ3v) is 2.23. The molecule has 5 nitrogen and oxygen atoms in total. The molecule has 0 aromatic carbocycles. The molecule has 2 aromatic heterocycles. The number of anilines is 1. The first-order valence-electron chi connectivity index (χ1n) is 5.13. The van der Waals surface area contributed by atoms with Crippen molar-refractivity contribution in [3.05, 3.63) is 30.2 Å². The molecule has 0 aliphatic heterocycles. The van der Waals surface area contributed by atoms with Gasteiger partial charge in [-0.25, -0.2) is 9.97 Å². The van der Waals surface area contributed by atoms with E-state index < -0.39 is 12.0 Å². The van der Waals surface area contributed by atoms with Crippen molar-refractivity contribution in [1.82, 2.24) is 15.0 Å². The lowest BCUT2D eigenvalue weighted by Crippen LogP contribution is -2.13. The number of hydrogen-bond acceptors (Lipinski definition) is 5. The smallest absolute Gasteiger partial charge is 0.451 e. The Labute approximate surface area is 106 Å². The number of hydrogen-bond donors (Lipinski definition) is 1. The normalized spacial score (nSPS) is 11.4. The lowest BCUT2D eigenvalue weighted by molar-refractivity contribution is -0.144. The summed E-state index contributed by atoms with van der Waals surface area (Å²) in [5.74, 6) is -1.30. The maximum atomic E-state index is 12.6. The van der Waals surface area contributed by atoms with Crippen molar-refractivity contribution in [2.24, 2.45) is 0 Å². The highest BCUT2D eigenvalue weighted by atomic mass is 19.4. The number of nitrogen functional groups attached to an aromatic ring is 1. The molecule has 0 unspecified atom stereocenters. The number of rotatable bonds is 2. The molecular weight excluding hydrogens is 261 g/mol. The molecule has 2 aromatic rings. The van der Waals surface area contributed by atoms with Gasteiger partial charge >= 0.3 is 6.18 Å². The Hall–Kier alpha value is -2.38. The summed E-state index contributed by atoms with van der Waals surface area (Å²) in [6.45, 7) is 0. The Morgan fingerprint density at radius 3 is 2.63 bits per heavy atom. The van der Waals surface area contributed by atoms with Crippen LogP contribution in [0.1, 0.15) is 5.82 Å². The van der Waals surface area contributed by atoms with Crippen LogP contribution < -0.4 is 10.5 Å². The first kappa shape index (κ1) is 13.1. The van der Waals surface area contributed by atoms with Gasteiger partial charge < -0.3 is 10.5 Å². The van der Waals surface area contributed by atoms with Crippen LogP contribution in [0.4, 0.5) is 19.0 Å². The minimum absolute atomic E-state index is 0.0442. The van der Waals surface area contributed by atoms with E-state index in [2.05, 4.69) is 15.0 Å². The van der Waals surface area contributed by atoms with Crippen LogP contribution in [-0.2, 0) is 6.18 Å². The molecule has 0 saturated carbocycles. The zero-order valence-electron chi connectivity index (χ0n) is 9.77. The Bertz CT molecular complexity index is 601. The van der Waals surface area contributed by atoms with E-state index >= 15 is 0 Å². The first-order chi connectivity index (χ1) is 8.91. The van der Waals surface area contributed by atoms with Crippen LogP contribution >= 0.6 is 0 Å². The van der Waals surface area contributed by atoms with Gasteiger partial charge in [-0.05, 0) is 12.1 Å². The zero-order chi connectivity index (χ0) is 14.0. The molecule has 100 valence electrons. The fourth-order valence-corrected chi connectivity index (χ4v) is 1.46. The van der Waals surface area contributed by atoms with Gasteiger partial charge in [0.05, 0.1) is 12.8 Å². The Kier molecular flexibility index (Phi) is 3.24. The van der Waals surface area contributed by atoms with Crippen molar-refractivity contribution in [3.8, 4) is 17.1 Å². The third-order valence-electron chi connectivity index (χ3n) is 2.23. The molecule has 0 bridgehead atoms. The van der Waals surface area contributed by atoms with Gasteiger partial charge in [-0.1, -0.05) is 0 Å². The molecule has 2 heterocycles. The van der Waals surface area contributed by atoms with Gasteiger partial charge in [0.2, 0.25) is 5.82 Å². The van der Waals surface area contributed by atoms with E-state index in [-0.39, 0.29) is 17.2 Å². The van der Waals surface area contributed by atoms with Gasteiger partial charge in [0.1, 0.15) is 17.3 Å². The minimum atomic E-state index is -4.67. The molecule has 19 heavy (non-hydrogen) atoms. The van der Waals surface area contributed by atoms with E-state index in [0.717, 1.165) is 0 Å². The zero-order valence-corrected chi connectivity index (χ0v) is 9.77. The highest BCUT2D eigenvalue weighted by molar-refractivity contribution is 5.64. The standard InChI is InChI=1S/C11H9F3N4O/c1-19-7-3-2-4-16-9(7)6-5-8(15)18-10(17-6)11(12,13)14/h2-5H,1H3,(H2,15,17,18). The van der Waals surface area contributed by atoms with Crippen LogP contribution in [0.15, 0.2) is 24.4 Å². The number of nitrogens with two attached hydrogens (primary N) is 1. The summed E-state index contributed by atoms with van der Waals surface area (Å²) >= 11 is 0. The Morgan fingerprint density at radius 1 is 1.26 bits per heavy atom. The largest absolute Gasteiger partial charge is 0.494 e. The number of nitrogens with zero attached hydrogens (tertiary/aromatic N) is 3. The molecular formula is C11H9F3N4O. The van der Waals surface area contributed by atoms with Crippen LogP contribution in [0.25, 0.3) is 11.4 Å². The molecule has 0 aliphatic carbocycles. The molecule has 0 amide bonds. The SMILES string of the molecule is COc1cccnc1-c1cc(N)nc(C(F)(F)F)n1. The number of methoxy groups -OCH3 is 1. The van der Waals surface area contributed by atoms with Crippen molar-refractivity contribution >= 4 is 5.82 Å². The lowest BCUT2D eigenvalue weighted by atomic mass is 10.2. The van der Waals surface area contributed by atoms with Crippen molar-refractivity contribution in [2.45, 2.75) is 6.18 Å². The summed E-state index contributed by atoms with van der Waals surface area (Å²) in [5, 5.41) is 0. The maximum Gasteiger partial charge on any atom is 0.451 e. The summed E-state index contributed by atoms with van der Waals surface area (Å²) in [4.78, 5) is 10.5. The molecule has 0 fully saturated rings. The first-order valence-corrected chi connectivity index (χ1v) is 5.13. The van der Waals surface area contributed by atoms with Crippen molar-refractivity contribution < 1.29 is 17.9 Å². The van der Waals surface area contributed by atoms with Crippen molar-refractivity contribution in [3.63, 3.8) is 0 Å². The van der Waals surface area contributed by atoms with Crippen LogP contribution in [0, 0.1) is 0 Å². The average molecular weight is 270 g/mol. The summed E-state index contributed by atoms with van der Waals surface area (Å²) in [6, 6.07) is 4.37. The van der Waals surface area contributed by atoms with E-state index in [9.17, 15) is 13.2 Å². The number of aromatic nitrogens is 3. The van der Waals surface area contributed by atoms with E-state index in [0.29, 0.717) is 5.75 Å². The monoisotopic (exact) mass is 270 g/mol. The molecule has 2 N–H and O–H groups in total. The summed E-state index contributed by atoms with van der Waals surface area (Å²) in [7, 11) is 1.38. The Morgan fingerprint density at radius 2 is 2.00 bits per heavy atom. The number of ether oxygens (including phenoxy) is 1. The van der Waals surface area contributed by atoms with Crippen LogP contribution in [0.5, 0.6) is 5.75 Å². The summed E-state index contributed by atoms with van der Waals surface area (Å²) in [6.07, 6.45) is -3.25. The highest BCUT2D eigenvalue weighted by Gasteiger charge is 2.35. The number of pyridine rings is 1. The minimum Gasteiger partial charge on any atom is -0.494 e. The number of halogens is 3. The molecule has 0 aliphatic rings. The van der Waals surface area contributed by atoms with Crippen LogP contribution in [0.2, 0.25) is 0 Å². The fourth-order valence-electron chi connectivity index (χ4n) is 1.46. The van der Waals surface area contributed by atoms with E-state index in [1.165, 1.54) is 19.4 Å².